The predicted octanol–water partition coefficient (Wildman–Crippen LogP) is 6.11. The molecule has 236 valence electrons. The quantitative estimate of drug-likeness (QED) is 0.267. The summed E-state index contributed by atoms with van der Waals surface area (Å²) in [6.07, 6.45) is 13.8. The maximum atomic E-state index is 6.24. The third-order valence-electron chi connectivity index (χ3n) is 10.8. The van der Waals surface area contributed by atoms with E-state index in [-0.39, 0.29) is 6.23 Å². The lowest BCUT2D eigenvalue weighted by atomic mass is 9.59. The van der Waals surface area contributed by atoms with Crippen LogP contribution in [0.2, 0.25) is 0 Å². The van der Waals surface area contributed by atoms with Gasteiger partial charge in [-0.25, -0.2) is 14.6 Å². The molecule has 3 aliphatic heterocycles. The Morgan fingerprint density at radius 1 is 1.00 bits per heavy atom. The lowest BCUT2D eigenvalue weighted by Gasteiger charge is -2.55. The fourth-order valence-electron chi connectivity index (χ4n) is 7.98. The van der Waals surface area contributed by atoms with E-state index in [2.05, 4.69) is 57.4 Å². The van der Waals surface area contributed by atoms with Crippen molar-refractivity contribution in [3.63, 3.8) is 0 Å². The normalized spacial score (nSPS) is 23.5. The summed E-state index contributed by atoms with van der Waals surface area (Å²) < 4.78 is 13.6. The summed E-state index contributed by atoms with van der Waals surface area (Å²) in [5.41, 5.74) is 5.57. The Morgan fingerprint density at radius 2 is 1.87 bits per heavy atom. The summed E-state index contributed by atoms with van der Waals surface area (Å²) in [5, 5.41) is 9.14. The Morgan fingerprint density at radius 3 is 2.62 bits per heavy atom. The molecule has 3 fully saturated rings. The van der Waals surface area contributed by atoms with Crippen molar-refractivity contribution in [1.29, 1.82) is 0 Å². The molecule has 1 spiro atoms. The van der Waals surface area contributed by atoms with Gasteiger partial charge in [-0.3, -0.25) is 4.98 Å². The van der Waals surface area contributed by atoms with Crippen molar-refractivity contribution in [2.75, 3.05) is 43.2 Å². The van der Waals surface area contributed by atoms with E-state index in [9.17, 15) is 0 Å². The predicted molar refractivity (Wildman–Crippen MR) is 175 cm³/mol. The van der Waals surface area contributed by atoms with Gasteiger partial charge in [-0.15, -0.1) is 5.10 Å². The van der Waals surface area contributed by atoms with Crippen LogP contribution < -0.4 is 19.9 Å². The lowest BCUT2D eigenvalue weighted by molar-refractivity contribution is -0.0368. The Hall–Kier alpha value is -3.76. The third-order valence-corrected chi connectivity index (χ3v) is 10.8. The van der Waals surface area contributed by atoms with E-state index in [1.54, 1.807) is 7.11 Å². The van der Waals surface area contributed by atoms with Crippen LogP contribution in [-0.2, 0) is 11.2 Å². The van der Waals surface area contributed by atoms with Crippen molar-refractivity contribution in [2.45, 2.75) is 83.0 Å². The average molecular weight is 609 g/mol. The summed E-state index contributed by atoms with van der Waals surface area (Å²) >= 11 is 0. The number of piperidine rings is 1. The first kappa shape index (κ1) is 28.7. The molecule has 8 rings (SSSR count). The monoisotopic (exact) mass is 608 g/mol. The molecule has 1 N–H and O–H groups in total. The van der Waals surface area contributed by atoms with Gasteiger partial charge in [0.1, 0.15) is 11.6 Å². The van der Waals surface area contributed by atoms with E-state index in [1.165, 1.54) is 18.4 Å². The van der Waals surface area contributed by atoms with Crippen LogP contribution in [0.25, 0.3) is 11.2 Å². The Labute approximate surface area is 265 Å². The van der Waals surface area contributed by atoms with Gasteiger partial charge in [0.2, 0.25) is 0 Å². The second-order valence-corrected chi connectivity index (χ2v) is 13.3. The number of aromatic nitrogens is 5. The summed E-state index contributed by atoms with van der Waals surface area (Å²) in [5.74, 6) is 2.70. The van der Waals surface area contributed by atoms with Gasteiger partial charge in [-0.2, -0.15) is 0 Å². The van der Waals surface area contributed by atoms with E-state index >= 15 is 0 Å². The molecule has 1 unspecified atom stereocenters. The molecule has 45 heavy (non-hydrogen) atoms. The summed E-state index contributed by atoms with van der Waals surface area (Å²) in [7, 11) is 1.72. The summed E-state index contributed by atoms with van der Waals surface area (Å²) in [6.45, 7) is 5.90. The smallest absolute Gasteiger partial charge is 0.183 e. The number of benzene rings is 1. The number of pyridine rings is 1. The van der Waals surface area contributed by atoms with Gasteiger partial charge in [0.05, 0.1) is 24.7 Å². The molecule has 3 aromatic heterocycles. The molecule has 4 aromatic rings. The molecule has 0 bridgehead atoms. The lowest BCUT2D eigenvalue weighted by Crippen LogP contribution is -2.58. The first-order chi connectivity index (χ1) is 22.1. The molecule has 10 nitrogen and oxygen atoms in total. The molecule has 0 radical (unpaired) electrons. The number of rotatable bonds is 7. The molecular weight excluding hydrogens is 564 g/mol. The molecule has 0 amide bonds. The van der Waals surface area contributed by atoms with E-state index < -0.39 is 0 Å². The summed E-state index contributed by atoms with van der Waals surface area (Å²) in [4.78, 5) is 19.7. The fraction of sp³-hybridized carbons (Fsp3) is 0.543. The maximum absolute atomic E-state index is 6.24. The fourth-order valence-corrected chi connectivity index (χ4v) is 7.98. The average Bonchev–Trinajstić information content (AvgIpc) is 3.49. The standard InChI is InChI=1S/C35H44N8O2/c1-24(25-10-12-26(44-2)13-11-25)38-29-14-15-35(29)16-20-41(21-17-35)30-23-37-32-33(39-30)43(31-9-3-4-22-45-31)40-34(32)42-19-6-7-27-28(42)8-5-18-36-27/h5,8,10-13,18,23-24,29,31,38H,3-4,6-7,9,14-17,19-22H2,1-2H3/t24-,29-,31?/m1/s1. The minimum Gasteiger partial charge on any atom is -0.497 e. The zero-order valence-electron chi connectivity index (χ0n) is 26.5. The van der Waals surface area contributed by atoms with E-state index in [4.69, 9.17) is 24.5 Å². The molecular formula is C35H44N8O2. The number of hydrogen-bond acceptors (Lipinski definition) is 9. The number of nitrogens with one attached hydrogen (secondary N) is 1. The van der Waals surface area contributed by atoms with Crippen molar-refractivity contribution in [1.82, 2.24) is 30.0 Å². The van der Waals surface area contributed by atoms with Crippen LogP contribution in [0.3, 0.4) is 0 Å². The number of fused-ring (bicyclic) bond motifs is 2. The molecule has 3 atom stereocenters. The van der Waals surface area contributed by atoms with Gasteiger partial charge in [0, 0.05) is 44.5 Å². The van der Waals surface area contributed by atoms with Crippen molar-refractivity contribution in [3.8, 4) is 5.75 Å². The molecule has 1 aliphatic carbocycles. The highest BCUT2D eigenvalue weighted by molar-refractivity contribution is 5.88. The zero-order chi connectivity index (χ0) is 30.4. The van der Waals surface area contributed by atoms with Crippen molar-refractivity contribution in [3.05, 3.63) is 60.0 Å². The van der Waals surface area contributed by atoms with Crippen molar-refractivity contribution in [2.24, 2.45) is 5.41 Å². The third kappa shape index (κ3) is 5.21. The van der Waals surface area contributed by atoms with Crippen LogP contribution in [0.1, 0.15) is 81.8 Å². The first-order valence-corrected chi connectivity index (χ1v) is 16.9. The molecule has 6 heterocycles. The largest absolute Gasteiger partial charge is 0.497 e. The van der Waals surface area contributed by atoms with E-state index in [0.29, 0.717) is 17.5 Å². The van der Waals surface area contributed by atoms with Crippen LogP contribution >= 0.6 is 0 Å². The summed E-state index contributed by atoms with van der Waals surface area (Å²) in [6, 6.07) is 13.5. The highest BCUT2D eigenvalue weighted by Crippen LogP contribution is 2.50. The maximum Gasteiger partial charge on any atom is 0.183 e. The molecule has 1 saturated carbocycles. The minimum absolute atomic E-state index is 0.114. The van der Waals surface area contributed by atoms with Gasteiger partial charge in [0.25, 0.3) is 0 Å². The van der Waals surface area contributed by atoms with Crippen molar-refractivity contribution < 1.29 is 9.47 Å². The zero-order valence-corrected chi connectivity index (χ0v) is 26.5. The van der Waals surface area contributed by atoms with Gasteiger partial charge < -0.3 is 24.6 Å². The second kappa shape index (κ2) is 11.9. The first-order valence-electron chi connectivity index (χ1n) is 16.9. The minimum atomic E-state index is -0.114. The number of anilines is 3. The number of ether oxygens (including phenoxy) is 2. The Bertz CT molecular complexity index is 1640. The Kier molecular flexibility index (Phi) is 7.57. The van der Waals surface area contributed by atoms with Crippen molar-refractivity contribution >= 4 is 28.5 Å². The molecule has 2 saturated heterocycles. The number of nitrogens with zero attached hydrogens (tertiary/aromatic N) is 7. The van der Waals surface area contributed by atoms with Crippen LogP contribution in [-0.4, -0.2) is 64.1 Å². The van der Waals surface area contributed by atoms with Gasteiger partial charge >= 0.3 is 0 Å². The van der Waals surface area contributed by atoms with Crippen LogP contribution in [0, 0.1) is 5.41 Å². The Balaban J connectivity index is 1.02. The number of aryl methyl sites for hydroxylation is 1. The van der Waals surface area contributed by atoms with Crippen LogP contribution in [0.4, 0.5) is 17.3 Å². The van der Waals surface area contributed by atoms with Gasteiger partial charge in [-0.05, 0) is 100.0 Å². The molecule has 1 aromatic carbocycles. The number of methoxy groups -OCH3 is 1. The molecule has 4 aliphatic rings. The highest BCUT2D eigenvalue weighted by Gasteiger charge is 2.48. The topological polar surface area (TPSA) is 93.5 Å². The van der Waals surface area contributed by atoms with E-state index in [0.717, 1.165) is 111 Å². The highest BCUT2D eigenvalue weighted by atomic mass is 16.5. The second-order valence-electron chi connectivity index (χ2n) is 13.3. The van der Waals surface area contributed by atoms with Crippen LogP contribution in [0.15, 0.2) is 48.8 Å². The van der Waals surface area contributed by atoms with Crippen LogP contribution in [0.5, 0.6) is 5.75 Å². The SMILES string of the molecule is COc1ccc([C@@H](C)N[C@@H]2CCC23CCN(c2cnc4c(N5CCCc6ncccc65)nn(C5CCCCO5)c4n2)CC3)cc1. The van der Waals surface area contributed by atoms with E-state index in [1.807, 2.05) is 23.1 Å². The molecule has 10 heteroatoms. The van der Waals surface area contributed by atoms with Gasteiger partial charge in [-0.1, -0.05) is 12.1 Å². The number of hydrogen-bond donors (Lipinski definition) is 1. The van der Waals surface area contributed by atoms with Gasteiger partial charge in [0.15, 0.2) is 23.2 Å².